The molecule has 0 aliphatic carbocycles. The van der Waals surface area contributed by atoms with E-state index in [-0.39, 0.29) is 12.4 Å². The third-order valence-corrected chi connectivity index (χ3v) is 3.16. The maximum Gasteiger partial charge on any atom is 0.245 e. The van der Waals surface area contributed by atoms with Crippen LogP contribution in [0.1, 0.15) is 27.3 Å². The van der Waals surface area contributed by atoms with Gasteiger partial charge in [0.2, 0.25) is 11.7 Å². The Labute approximate surface area is 104 Å². The summed E-state index contributed by atoms with van der Waals surface area (Å²) in [6.45, 7) is 4.80. The molecule has 7 heteroatoms. The van der Waals surface area contributed by atoms with E-state index in [2.05, 4.69) is 4.98 Å². The molecule has 1 aromatic heterocycles. The van der Waals surface area contributed by atoms with Crippen LogP contribution in [0.3, 0.4) is 0 Å². The Bertz CT molecular complexity index is 428. The first-order valence-corrected chi connectivity index (χ1v) is 5.16. The normalized spacial score (nSPS) is 13.8. The molecule has 4 N–H and O–H groups in total. The number of hydrogen-bond acceptors (Lipinski definition) is 5. The van der Waals surface area contributed by atoms with Gasteiger partial charge in [0.15, 0.2) is 5.54 Å². The summed E-state index contributed by atoms with van der Waals surface area (Å²) >= 11 is 1.22. The number of thiazole rings is 1. The quantitative estimate of drug-likeness (QED) is 0.615. The molecule has 0 saturated heterocycles. The van der Waals surface area contributed by atoms with E-state index < -0.39 is 17.2 Å². The van der Waals surface area contributed by atoms with Crippen molar-refractivity contribution < 1.29 is 9.59 Å². The van der Waals surface area contributed by atoms with Crippen LogP contribution in [-0.2, 0) is 4.79 Å². The summed E-state index contributed by atoms with van der Waals surface area (Å²) in [5.41, 5.74) is 9.55. The minimum absolute atomic E-state index is 0. The second kappa shape index (κ2) is 4.90. The minimum atomic E-state index is -1.66. The van der Waals surface area contributed by atoms with Gasteiger partial charge in [-0.15, -0.1) is 23.7 Å². The molecule has 0 aliphatic rings. The van der Waals surface area contributed by atoms with E-state index in [0.29, 0.717) is 10.6 Å². The molecule has 1 rings (SSSR count). The fourth-order valence-corrected chi connectivity index (χ4v) is 2.07. The molecule has 1 heterocycles. The average molecular weight is 264 g/mol. The molecule has 0 spiro atoms. The zero-order chi connectivity index (χ0) is 11.8. The van der Waals surface area contributed by atoms with E-state index in [1.165, 1.54) is 18.3 Å². The van der Waals surface area contributed by atoms with Crippen LogP contribution in [0.2, 0.25) is 0 Å². The first-order chi connectivity index (χ1) is 6.76. The average Bonchev–Trinajstić information content (AvgIpc) is 2.43. The number of hydrogen-bond donors (Lipinski definition) is 2. The van der Waals surface area contributed by atoms with Gasteiger partial charge in [-0.25, -0.2) is 4.98 Å². The second-order valence-electron chi connectivity index (χ2n) is 3.54. The van der Waals surface area contributed by atoms with Gasteiger partial charge in [-0.2, -0.15) is 0 Å². The molecule has 16 heavy (non-hydrogen) atoms. The highest BCUT2D eigenvalue weighted by molar-refractivity contribution is 7.13. The lowest BCUT2D eigenvalue weighted by molar-refractivity contribution is -0.121. The number of primary amides is 1. The molecule has 0 fully saturated rings. The lowest BCUT2D eigenvalue weighted by atomic mass is 9.95. The van der Waals surface area contributed by atoms with Crippen LogP contribution in [0, 0.1) is 13.8 Å². The highest BCUT2D eigenvalue weighted by Crippen LogP contribution is 2.21. The zero-order valence-electron chi connectivity index (χ0n) is 9.23. The SMILES string of the molecule is Cc1nc(C)c(C(=O)[C@](C)(N)C(N)=O)s1.Cl. The molecule has 1 atom stereocenters. The molecule has 0 aliphatic heterocycles. The molecule has 0 radical (unpaired) electrons. The minimum Gasteiger partial charge on any atom is -0.368 e. The van der Waals surface area contributed by atoms with Gasteiger partial charge in [-0.05, 0) is 20.8 Å². The molecule has 0 aromatic carbocycles. The number of nitrogens with two attached hydrogens (primary N) is 2. The number of aryl methyl sites for hydroxylation is 2. The van der Waals surface area contributed by atoms with E-state index in [1.807, 2.05) is 0 Å². The summed E-state index contributed by atoms with van der Waals surface area (Å²) in [6, 6.07) is 0. The summed E-state index contributed by atoms with van der Waals surface area (Å²) < 4.78 is 0. The van der Waals surface area contributed by atoms with Crippen molar-refractivity contribution in [2.24, 2.45) is 11.5 Å². The molecule has 1 aromatic rings. The lowest BCUT2D eigenvalue weighted by Crippen LogP contribution is -2.55. The van der Waals surface area contributed by atoms with Crippen LogP contribution in [0.4, 0.5) is 0 Å². The smallest absolute Gasteiger partial charge is 0.245 e. The number of carbonyl (C=O) groups is 2. The summed E-state index contributed by atoms with van der Waals surface area (Å²) in [4.78, 5) is 27.4. The predicted octanol–water partition coefficient (Wildman–Crippen LogP) is 0.567. The lowest BCUT2D eigenvalue weighted by Gasteiger charge is -2.17. The molecule has 5 nitrogen and oxygen atoms in total. The topological polar surface area (TPSA) is 99.1 Å². The Morgan fingerprint density at radius 1 is 1.38 bits per heavy atom. The highest BCUT2D eigenvalue weighted by atomic mass is 35.5. The molecule has 0 saturated carbocycles. The first-order valence-electron chi connectivity index (χ1n) is 4.34. The van der Waals surface area contributed by atoms with Crippen molar-refractivity contribution in [2.45, 2.75) is 26.3 Å². The molecule has 90 valence electrons. The summed E-state index contributed by atoms with van der Waals surface area (Å²) in [7, 11) is 0. The molecule has 0 bridgehead atoms. The van der Waals surface area contributed by atoms with Crippen molar-refractivity contribution in [2.75, 3.05) is 0 Å². The van der Waals surface area contributed by atoms with Gasteiger partial charge < -0.3 is 11.5 Å². The fraction of sp³-hybridized carbons (Fsp3) is 0.444. The Hall–Kier alpha value is -0.980. The maximum atomic E-state index is 11.9. The van der Waals surface area contributed by atoms with E-state index in [9.17, 15) is 9.59 Å². The summed E-state index contributed by atoms with van der Waals surface area (Å²) in [5.74, 6) is -1.31. The highest BCUT2D eigenvalue weighted by Gasteiger charge is 2.37. The van der Waals surface area contributed by atoms with Gasteiger partial charge in [0, 0.05) is 0 Å². The summed E-state index contributed by atoms with van der Waals surface area (Å²) in [5, 5.41) is 0.760. The van der Waals surface area contributed by atoms with Gasteiger partial charge in [0.25, 0.3) is 0 Å². The van der Waals surface area contributed by atoms with Crippen molar-refractivity contribution in [3.63, 3.8) is 0 Å². The second-order valence-corrected chi connectivity index (χ2v) is 4.75. The third kappa shape index (κ3) is 2.58. The van der Waals surface area contributed by atoms with Crippen molar-refractivity contribution in [1.82, 2.24) is 4.98 Å². The van der Waals surface area contributed by atoms with Crippen molar-refractivity contribution in [3.8, 4) is 0 Å². The van der Waals surface area contributed by atoms with Crippen molar-refractivity contribution in [3.05, 3.63) is 15.6 Å². The predicted molar refractivity (Wildman–Crippen MR) is 65.0 cm³/mol. The van der Waals surface area contributed by atoms with Crippen molar-refractivity contribution >= 4 is 35.4 Å². The Morgan fingerprint density at radius 2 is 1.88 bits per heavy atom. The Balaban J connectivity index is 0.00000225. The number of Topliss-reactive ketones (excluding diaryl/α,β-unsaturated/α-hetero) is 1. The van der Waals surface area contributed by atoms with Crippen molar-refractivity contribution in [1.29, 1.82) is 0 Å². The standard InChI is InChI=1S/C9H13N3O2S.ClH/c1-4-6(15-5(2)12-4)7(13)9(3,11)8(10)14;/h11H2,1-3H3,(H2,10,14);1H/t9-;/m0./s1. The van der Waals surface area contributed by atoms with Gasteiger partial charge in [-0.3, -0.25) is 9.59 Å². The molecule has 1 amide bonds. The third-order valence-electron chi connectivity index (χ3n) is 2.09. The number of ketones is 1. The van der Waals surface area contributed by atoms with Crippen LogP contribution in [0.15, 0.2) is 0 Å². The van der Waals surface area contributed by atoms with E-state index in [4.69, 9.17) is 11.5 Å². The van der Waals surface area contributed by atoms with Crippen LogP contribution >= 0.6 is 23.7 Å². The number of rotatable bonds is 3. The van der Waals surface area contributed by atoms with Gasteiger partial charge in [0.1, 0.15) is 0 Å². The Kier molecular flexibility index (Phi) is 4.60. The zero-order valence-corrected chi connectivity index (χ0v) is 10.9. The monoisotopic (exact) mass is 263 g/mol. The van der Waals surface area contributed by atoms with Gasteiger partial charge in [-0.1, -0.05) is 0 Å². The van der Waals surface area contributed by atoms with Crippen LogP contribution < -0.4 is 11.5 Å². The number of aromatic nitrogens is 1. The largest absolute Gasteiger partial charge is 0.368 e. The number of halogens is 1. The molecular formula is C9H14ClN3O2S. The van der Waals surface area contributed by atoms with E-state index in [1.54, 1.807) is 13.8 Å². The number of nitrogens with zero attached hydrogens (tertiary/aromatic N) is 1. The van der Waals surface area contributed by atoms with E-state index >= 15 is 0 Å². The summed E-state index contributed by atoms with van der Waals surface area (Å²) in [6.07, 6.45) is 0. The number of amides is 1. The number of carbonyl (C=O) groups excluding carboxylic acids is 2. The van der Waals surface area contributed by atoms with Gasteiger partial charge in [0.05, 0.1) is 15.6 Å². The fourth-order valence-electron chi connectivity index (χ4n) is 1.09. The first kappa shape index (κ1) is 15.0. The van der Waals surface area contributed by atoms with Crippen LogP contribution in [-0.4, -0.2) is 22.2 Å². The Morgan fingerprint density at radius 3 is 2.19 bits per heavy atom. The van der Waals surface area contributed by atoms with Crippen LogP contribution in [0.5, 0.6) is 0 Å². The van der Waals surface area contributed by atoms with Crippen LogP contribution in [0.25, 0.3) is 0 Å². The maximum absolute atomic E-state index is 11.9. The molecular weight excluding hydrogens is 250 g/mol. The van der Waals surface area contributed by atoms with E-state index in [0.717, 1.165) is 5.01 Å². The van der Waals surface area contributed by atoms with Gasteiger partial charge >= 0.3 is 0 Å². The molecule has 0 unspecified atom stereocenters.